The summed E-state index contributed by atoms with van der Waals surface area (Å²) < 4.78 is 44.2. The van der Waals surface area contributed by atoms with Crippen molar-refractivity contribution in [3.05, 3.63) is 11.6 Å². The van der Waals surface area contributed by atoms with Gasteiger partial charge in [0.25, 0.3) is 5.91 Å². The SMILES string of the molecule is COCC(C(=O)NN)N1CCn2c(nnc2C(F)(F)F)C1. The summed E-state index contributed by atoms with van der Waals surface area (Å²) in [7, 11) is 1.42. The van der Waals surface area contributed by atoms with Crippen LogP contribution >= 0.6 is 0 Å². The van der Waals surface area contributed by atoms with E-state index in [1.54, 1.807) is 4.90 Å². The molecule has 0 saturated carbocycles. The summed E-state index contributed by atoms with van der Waals surface area (Å²) >= 11 is 0. The molecular weight excluding hydrogens is 293 g/mol. The van der Waals surface area contributed by atoms with Crippen LogP contribution in [-0.2, 0) is 28.8 Å². The molecule has 118 valence electrons. The van der Waals surface area contributed by atoms with Gasteiger partial charge >= 0.3 is 6.18 Å². The molecule has 2 rings (SSSR count). The highest BCUT2D eigenvalue weighted by atomic mass is 19.4. The van der Waals surface area contributed by atoms with Crippen molar-refractivity contribution in [3.8, 4) is 0 Å². The third-order valence-corrected chi connectivity index (χ3v) is 3.25. The molecule has 3 N–H and O–H groups in total. The number of halogens is 3. The fourth-order valence-corrected chi connectivity index (χ4v) is 2.25. The number of amides is 1. The van der Waals surface area contributed by atoms with E-state index in [1.807, 2.05) is 5.43 Å². The molecule has 1 aromatic rings. The number of carbonyl (C=O) groups excluding carboxylic acids is 1. The standard InChI is InChI=1S/C10H15F3N6O2/c1-21-5-6(8(20)15-14)18-2-3-19-7(4-18)16-17-9(19)10(11,12)13/h6H,2-5,14H2,1H3,(H,15,20). The molecule has 0 spiro atoms. The van der Waals surface area contributed by atoms with Crippen LogP contribution in [0.2, 0.25) is 0 Å². The van der Waals surface area contributed by atoms with Gasteiger partial charge in [0, 0.05) is 20.2 Å². The van der Waals surface area contributed by atoms with E-state index in [-0.39, 0.29) is 32.1 Å². The largest absolute Gasteiger partial charge is 0.451 e. The number of hydrazine groups is 1. The minimum atomic E-state index is -4.55. The number of hydrogen-bond acceptors (Lipinski definition) is 6. The van der Waals surface area contributed by atoms with Gasteiger partial charge in [-0.2, -0.15) is 13.2 Å². The Hall–Kier alpha value is -1.72. The van der Waals surface area contributed by atoms with Crippen molar-refractivity contribution in [2.24, 2.45) is 5.84 Å². The van der Waals surface area contributed by atoms with Crippen LogP contribution in [0.15, 0.2) is 0 Å². The summed E-state index contributed by atoms with van der Waals surface area (Å²) in [6.07, 6.45) is -4.55. The molecule has 1 aliphatic rings. The van der Waals surface area contributed by atoms with Crippen LogP contribution in [0.3, 0.4) is 0 Å². The summed E-state index contributed by atoms with van der Waals surface area (Å²) in [6, 6.07) is -0.695. The van der Waals surface area contributed by atoms with Crippen molar-refractivity contribution < 1.29 is 22.7 Å². The predicted octanol–water partition coefficient (Wildman–Crippen LogP) is -0.883. The Labute approximate surface area is 118 Å². The predicted molar refractivity (Wildman–Crippen MR) is 63.4 cm³/mol. The van der Waals surface area contributed by atoms with Crippen LogP contribution < -0.4 is 11.3 Å². The third-order valence-electron chi connectivity index (χ3n) is 3.25. The van der Waals surface area contributed by atoms with Crippen LogP contribution in [0.5, 0.6) is 0 Å². The van der Waals surface area contributed by atoms with E-state index in [0.717, 1.165) is 4.57 Å². The van der Waals surface area contributed by atoms with E-state index >= 15 is 0 Å². The number of nitrogens with one attached hydrogen (secondary N) is 1. The van der Waals surface area contributed by atoms with Gasteiger partial charge < -0.3 is 9.30 Å². The van der Waals surface area contributed by atoms with Crippen LogP contribution in [-0.4, -0.2) is 51.9 Å². The summed E-state index contributed by atoms with van der Waals surface area (Å²) in [5.41, 5.74) is 2.02. The van der Waals surface area contributed by atoms with Gasteiger partial charge in [0.05, 0.1) is 13.2 Å². The number of nitrogens with zero attached hydrogens (tertiary/aromatic N) is 4. The average molecular weight is 308 g/mol. The maximum Gasteiger partial charge on any atom is 0.451 e. The fourth-order valence-electron chi connectivity index (χ4n) is 2.25. The van der Waals surface area contributed by atoms with Gasteiger partial charge in [0.15, 0.2) is 0 Å². The first-order valence-corrected chi connectivity index (χ1v) is 6.11. The smallest absolute Gasteiger partial charge is 0.383 e. The van der Waals surface area contributed by atoms with Crippen molar-refractivity contribution >= 4 is 5.91 Å². The number of fused-ring (bicyclic) bond motifs is 1. The van der Waals surface area contributed by atoms with E-state index < -0.39 is 23.9 Å². The van der Waals surface area contributed by atoms with Crippen molar-refractivity contribution in [1.29, 1.82) is 0 Å². The molecule has 0 aliphatic carbocycles. The quantitative estimate of drug-likeness (QED) is 0.426. The van der Waals surface area contributed by atoms with Gasteiger partial charge in [-0.1, -0.05) is 0 Å². The van der Waals surface area contributed by atoms with Crippen LogP contribution in [0, 0.1) is 0 Å². The fraction of sp³-hybridized carbons (Fsp3) is 0.700. The number of nitrogens with two attached hydrogens (primary N) is 1. The molecule has 0 aromatic carbocycles. The number of hydrogen-bond donors (Lipinski definition) is 2. The van der Waals surface area contributed by atoms with Crippen molar-refractivity contribution in [2.75, 3.05) is 20.3 Å². The molecule has 0 saturated heterocycles. The van der Waals surface area contributed by atoms with Gasteiger partial charge in [0.1, 0.15) is 11.9 Å². The summed E-state index contributed by atoms with van der Waals surface area (Å²) in [5.74, 6) is 3.76. The minimum Gasteiger partial charge on any atom is -0.383 e. The Balaban J connectivity index is 2.19. The number of carbonyl (C=O) groups is 1. The summed E-state index contributed by atoms with van der Waals surface area (Å²) in [4.78, 5) is 13.3. The molecule has 1 aromatic heterocycles. The maximum atomic E-state index is 12.7. The highest BCUT2D eigenvalue weighted by Gasteiger charge is 2.40. The Kier molecular flexibility index (Phi) is 4.44. The molecule has 0 bridgehead atoms. The Morgan fingerprint density at radius 2 is 2.19 bits per heavy atom. The highest BCUT2D eigenvalue weighted by molar-refractivity contribution is 5.81. The number of rotatable bonds is 4. The van der Waals surface area contributed by atoms with Gasteiger partial charge in [-0.25, -0.2) is 5.84 Å². The number of alkyl halides is 3. The van der Waals surface area contributed by atoms with Gasteiger partial charge in [-0.05, 0) is 0 Å². The third kappa shape index (κ3) is 3.14. The van der Waals surface area contributed by atoms with E-state index in [9.17, 15) is 18.0 Å². The lowest BCUT2D eigenvalue weighted by Crippen LogP contribution is -2.53. The van der Waals surface area contributed by atoms with Gasteiger partial charge in [0.2, 0.25) is 5.82 Å². The van der Waals surface area contributed by atoms with Crippen molar-refractivity contribution in [2.45, 2.75) is 25.3 Å². The molecule has 11 heteroatoms. The monoisotopic (exact) mass is 308 g/mol. The zero-order chi connectivity index (χ0) is 15.6. The number of methoxy groups -OCH3 is 1. The first kappa shape index (κ1) is 15.7. The molecule has 1 atom stereocenters. The van der Waals surface area contributed by atoms with E-state index in [4.69, 9.17) is 10.6 Å². The molecule has 21 heavy (non-hydrogen) atoms. The summed E-state index contributed by atoms with van der Waals surface area (Å²) in [5, 5.41) is 6.73. The average Bonchev–Trinajstić information content (AvgIpc) is 2.86. The Morgan fingerprint density at radius 1 is 1.48 bits per heavy atom. The second-order valence-corrected chi connectivity index (χ2v) is 4.54. The Morgan fingerprint density at radius 3 is 2.76 bits per heavy atom. The second-order valence-electron chi connectivity index (χ2n) is 4.54. The summed E-state index contributed by atoms with van der Waals surface area (Å²) in [6.45, 7) is 0.401. The molecular formula is C10H15F3N6O2. The van der Waals surface area contributed by atoms with Crippen LogP contribution in [0.1, 0.15) is 11.6 Å². The topological polar surface area (TPSA) is 98.3 Å². The normalized spacial score (nSPS) is 17.4. The molecule has 0 radical (unpaired) electrons. The molecule has 2 heterocycles. The second kappa shape index (κ2) is 5.95. The zero-order valence-electron chi connectivity index (χ0n) is 11.2. The Bertz CT molecular complexity index is 517. The van der Waals surface area contributed by atoms with E-state index in [2.05, 4.69) is 10.2 Å². The van der Waals surface area contributed by atoms with Crippen LogP contribution in [0.25, 0.3) is 0 Å². The molecule has 1 aliphatic heterocycles. The van der Waals surface area contributed by atoms with Crippen LogP contribution in [0.4, 0.5) is 13.2 Å². The molecule has 0 fully saturated rings. The van der Waals surface area contributed by atoms with Crippen molar-refractivity contribution in [3.63, 3.8) is 0 Å². The molecule has 1 amide bonds. The van der Waals surface area contributed by atoms with Gasteiger partial charge in [-0.3, -0.25) is 15.1 Å². The minimum absolute atomic E-state index is 0.0369. The number of aromatic nitrogens is 3. The van der Waals surface area contributed by atoms with Crippen molar-refractivity contribution in [1.82, 2.24) is 25.1 Å². The molecule has 8 nitrogen and oxygen atoms in total. The van der Waals surface area contributed by atoms with E-state index in [0.29, 0.717) is 0 Å². The lowest BCUT2D eigenvalue weighted by molar-refractivity contribution is -0.148. The molecule has 1 unspecified atom stereocenters. The lowest BCUT2D eigenvalue weighted by atomic mass is 10.2. The number of ether oxygens (including phenoxy) is 1. The van der Waals surface area contributed by atoms with E-state index in [1.165, 1.54) is 7.11 Å². The first-order chi connectivity index (χ1) is 9.88. The van der Waals surface area contributed by atoms with Gasteiger partial charge in [-0.15, -0.1) is 10.2 Å². The lowest BCUT2D eigenvalue weighted by Gasteiger charge is -2.33. The zero-order valence-corrected chi connectivity index (χ0v) is 11.2. The highest BCUT2D eigenvalue weighted by Crippen LogP contribution is 2.29. The first-order valence-electron chi connectivity index (χ1n) is 6.11. The maximum absolute atomic E-state index is 12.7.